The van der Waals surface area contributed by atoms with Gasteiger partial charge in [-0.1, -0.05) is 26.0 Å². The maximum atomic E-state index is 13.4. The minimum atomic E-state index is -0.371. The number of methoxy groups -OCH3 is 1. The van der Waals surface area contributed by atoms with E-state index in [9.17, 15) is 9.59 Å². The number of furan rings is 1. The van der Waals surface area contributed by atoms with Crippen LogP contribution in [0.5, 0.6) is 5.75 Å². The molecule has 208 valence electrons. The van der Waals surface area contributed by atoms with Gasteiger partial charge in [0.2, 0.25) is 11.9 Å². The smallest absolute Gasteiger partial charge is 0.290 e. The predicted molar refractivity (Wildman–Crippen MR) is 152 cm³/mol. The SMILES string of the molecule is COc1ccc(-c2cn(-c3ccc(C(C)C)cc3)c(NC(=O)CN(C[C@@H]3CCCO3)C(=O)c3ccco3)n2)cc1. The zero-order valence-electron chi connectivity index (χ0n) is 23.0. The number of hydrogen-bond acceptors (Lipinski definition) is 6. The Kier molecular flexibility index (Phi) is 8.31. The fraction of sp³-hybridized carbons (Fsp3) is 0.323. The Bertz CT molecular complexity index is 1420. The molecule has 3 heterocycles. The molecule has 1 fully saturated rings. The first kappa shape index (κ1) is 27.2. The van der Waals surface area contributed by atoms with Gasteiger partial charge in [-0.3, -0.25) is 19.5 Å². The molecule has 1 saturated heterocycles. The standard InChI is InChI=1S/C31H34N4O5/c1-21(2)22-8-12-24(13-9-22)35-19-27(23-10-14-25(38-3)15-11-23)32-31(35)33-29(36)20-34(18-26-6-4-16-39-26)30(37)28-7-5-17-40-28/h5,7-15,17,19,21,26H,4,6,16,18,20H2,1-3H3,(H,32,33,36)/t26-/m0/s1. The number of carbonyl (C=O) groups is 2. The largest absolute Gasteiger partial charge is 0.497 e. The van der Waals surface area contributed by atoms with E-state index in [1.165, 1.54) is 16.7 Å². The van der Waals surface area contributed by atoms with E-state index < -0.39 is 0 Å². The molecule has 0 aliphatic carbocycles. The van der Waals surface area contributed by atoms with Crippen molar-refractivity contribution in [1.29, 1.82) is 0 Å². The van der Waals surface area contributed by atoms with Crippen LogP contribution in [0.4, 0.5) is 5.95 Å². The molecule has 4 aromatic rings. The van der Waals surface area contributed by atoms with Crippen molar-refractivity contribution in [2.24, 2.45) is 0 Å². The van der Waals surface area contributed by atoms with E-state index >= 15 is 0 Å². The van der Waals surface area contributed by atoms with Gasteiger partial charge in [0.05, 0.1) is 25.2 Å². The molecule has 1 aliphatic rings. The van der Waals surface area contributed by atoms with Gasteiger partial charge in [0, 0.05) is 30.6 Å². The van der Waals surface area contributed by atoms with Crippen molar-refractivity contribution in [3.63, 3.8) is 0 Å². The molecular weight excluding hydrogens is 508 g/mol. The van der Waals surface area contributed by atoms with Gasteiger partial charge in [-0.15, -0.1) is 0 Å². The third-order valence-electron chi connectivity index (χ3n) is 6.98. The molecule has 2 aromatic carbocycles. The maximum absolute atomic E-state index is 13.4. The van der Waals surface area contributed by atoms with Gasteiger partial charge >= 0.3 is 0 Å². The molecule has 40 heavy (non-hydrogen) atoms. The topological polar surface area (TPSA) is 98.8 Å². The summed E-state index contributed by atoms with van der Waals surface area (Å²) in [5.41, 5.74) is 3.64. The van der Waals surface area contributed by atoms with Crippen molar-refractivity contribution in [2.45, 2.75) is 38.7 Å². The van der Waals surface area contributed by atoms with Crippen molar-refractivity contribution >= 4 is 17.8 Å². The van der Waals surface area contributed by atoms with Crippen LogP contribution in [-0.2, 0) is 9.53 Å². The molecule has 0 saturated carbocycles. The Hall–Kier alpha value is -4.37. The lowest BCUT2D eigenvalue weighted by molar-refractivity contribution is -0.117. The molecule has 2 amide bonds. The van der Waals surface area contributed by atoms with Crippen molar-refractivity contribution in [2.75, 3.05) is 32.1 Å². The summed E-state index contributed by atoms with van der Waals surface area (Å²) < 4.78 is 18.2. The highest BCUT2D eigenvalue weighted by atomic mass is 16.5. The Balaban J connectivity index is 1.42. The number of carbonyl (C=O) groups excluding carboxylic acids is 2. The summed E-state index contributed by atoms with van der Waals surface area (Å²) in [5.74, 6) is 0.947. The number of anilines is 1. The maximum Gasteiger partial charge on any atom is 0.290 e. The Morgan fingerprint density at radius 1 is 1.12 bits per heavy atom. The van der Waals surface area contributed by atoms with Crippen LogP contribution in [0.25, 0.3) is 16.9 Å². The number of imidazole rings is 1. The molecule has 1 N–H and O–H groups in total. The summed E-state index contributed by atoms with van der Waals surface area (Å²) in [5, 5.41) is 2.94. The molecular formula is C31H34N4O5. The van der Waals surface area contributed by atoms with E-state index in [4.69, 9.17) is 18.9 Å². The van der Waals surface area contributed by atoms with Crippen molar-refractivity contribution in [3.8, 4) is 22.7 Å². The average molecular weight is 543 g/mol. The number of amides is 2. The van der Waals surface area contributed by atoms with Crippen LogP contribution in [0, 0.1) is 0 Å². The minimum absolute atomic E-state index is 0.116. The molecule has 0 radical (unpaired) electrons. The van der Waals surface area contributed by atoms with Crippen LogP contribution < -0.4 is 10.1 Å². The molecule has 9 heteroatoms. The summed E-state index contributed by atoms with van der Waals surface area (Å²) in [6.07, 6.45) is 4.99. The van der Waals surface area contributed by atoms with Gasteiger partial charge in [0.1, 0.15) is 12.3 Å². The molecule has 5 rings (SSSR count). The first-order valence-electron chi connectivity index (χ1n) is 13.5. The number of hydrogen-bond donors (Lipinski definition) is 1. The summed E-state index contributed by atoms with van der Waals surface area (Å²) >= 11 is 0. The van der Waals surface area contributed by atoms with Crippen LogP contribution in [-0.4, -0.2) is 59.2 Å². The van der Waals surface area contributed by atoms with Gasteiger partial charge < -0.3 is 18.8 Å². The van der Waals surface area contributed by atoms with Crippen molar-refractivity contribution < 1.29 is 23.5 Å². The van der Waals surface area contributed by atoms with Gasteiger partial charge in [-0.25, -0.2) is 4.98 Å². The third kappa shape index (κ3) is 6.26. The van der Waals surface area contributed by atoms with Crippen molar-refractivity contribution in [3.05, 3.63) is 84.4 Å². The second kappa shape index (κ2) is 12.2. The summed E-state index contributed by atoms with van der Waals surface area (Å²) in [4.78, 5) is 32.8. The number of benzene rings is 2. The van der Waals surface area contributed by atoms with Gasteiger partial charge in [0.25, 0.3) is 5.91 Å². The number of ether oxygens (including phenoxy) is 2. The predicted octanol–water partition coefficient (Wildman–Crippen LogP) is 5.52. The number of nitrogens with zero attached hydrogens (tertiary/aromatic N) is 3. The zero-order chi connectivity index (χ0) is 28.1. The first-order chi connectivity index (χ1) is 19.4. The van der Waals surface area contributed by atoms with Gasteiger partial charge in [-0.05, 0) is 72.9 Å². The van der Waals surface area contributed by atoms with Crippen LogP contribution >= 0.6 is 0 Å². The fourth-order valence-electron chi connectivity index (χ4n) is 4.73. The van der Waals surface area contributed by atoms with E-state index in [0.717, 1.165) is 29.8 Å². The van der Waals surface area contributed by atoms with E-state index in [-0.39, 0.29) is 30.2 Å². The molecule has 9 nitrogen and oxygen atoms in total. The Labute approximate surface area is 233 Å². The molecule has 0 spiro atoms. The normalized spacial score (nSPS) is 14.8. The number of nitrogens with one attached hydrogen (secondary N) is 1. The highest BCUT2D eigenvalue weighted by Gasteiger charge is 2.27. The lowest BCUT2D eigenvalue weighted by Gasteiger charge is -2.24. The highest BCUT2D eigenvalue weighted by molar-refractivity contribution is 5.97. The number of rotatable bonds is 10. The molecule has 0 unspecified atom stereocenters. The fourth-order valence-corrected chi connectivity index (χ4v) is 4.73. The second-order valence-corrected chi connectivity index (χ2v) is 10.1. The van der Waals surface area contributed by atoms with Gasteiger partial charge in [-0.2, -0.15) is 0 Å². The van der Waals surface area contributed by atoms with Crippen LogP contribution in [0.3, 0.4) is 0 Å². The first-order valence-corrected chi connectivity index (χ1v) is 13.5. The minimum Gasteiger partial charge on any atom is -0.497 e. The average Bonchev–Trinajstić information content (AvgIpc) is 3.75. The summed E-state index contributed by atoms with van der Waals surface area (Å²) in [7, 11) is 1.62. The van der Waals surface area contributed by atoms with Crippen LogP contribution in [0.15, 0.2) is 77.5 Å². The quantitative estimate of drug-likeness (QED) is 0.283. The van der Waals surface area contributed by atoms with Crippen molar-refractivity contribution in [1.82, 2.24) is 14.5 Å². The van der Waals surface area contributed by atoms with Crippen LogP contribution in [0.1, 0.15) is 48.7 Å². The lowest BCUT2D eigenvalue weighted by atomic mass is 10.0. The molecule has 0 bridgehead atoms. The molecule has 2 aromatic heterocycles. The molecule has 1 atom stereocenters. The van der Waals surface area contributed by atoms with E-state index in [0.29, 0.717) is 30.7 Å². The molecule has 1 aliphatic heterocycles. The summed E-state index contributed by atoms with van der Waals surface area (Å²) in [6, 6.07) is 19.0. The lowest BCUT2D eigenvalue weighted by Crippen LogP contribution is -2.42. The highest BCUT2D eigenvalue weighted by Crippen LogP contribution is 2.27. The Morgan fingerprint density at radius 3 is 2.52 bits per heavy atom. The Morgan fingerprint density at radius 2 is 1.90 bits per heavy atom. The number of aromatic nitrogens is 2. The summed E-state index contributed by atoms with van der Waals surface area (Å²) in [6.45, 7) is 5.07. The van der Waals surface area contributed by atoms with E-state index in [1.807, 2.05) is 47.2 Å². The second-order valence-electron chi connectivity index (χ2n) is 10.1. The monoisotopic (exact) mass is 542 g/mol. The van der Waals surface area contributed by atoms with Crippen LogP contribution in [0.2, 0.25) is 0 Å². The zero-order valence-corrected chi connectivity index (χ0v) is 23.0. The van der Waals surface area contributed by atoms with E-state index in [1.54, 1.807) is 19.2 Å². The third-order valence-corrected chi connectivity index (χ3v) is 6.98. The van der Waals surface area contributed by atoms with Gasteiger partial charge in [0.15, 0.2) is 5.76 Å². The van der Waals surface area contributed by atoms with E-state index in [2.05, 4.69) is 31.3 Å².